The number of nitrogens with one attached hydrogen (secondary N) is 2. The van der Waals surface area contributed by atoms with E-state index in [0.717, 1.165) is 0 Å². The molecule has 2 N–H and O–H groups in total. The molecular formula is C24H28N4O6. The molecule has 0 saturated carbocycles. The molecule has 10 nitrogen and oxygen atoms in total. The smallest absolute Gasteiger partial charge is 0.355 e. The fourth-order valence-corrected chi connectivity index (χ4v) is 3.67. The zero-order valence-corrected chi connectivity index (χ0v) is 20.0. The van der Waals surface area contributed by atoms with Crippen molar-refractivity contribution in [1.82, 2.24) is 14.3 Å². The average Bonchev–Trinajstić information content (AvgIpc) is 3.21. The molecule has 0 saturated heterocycles. The molecule has 2 heterocycles. The van der Waals surface area contributed by atoms with E-state index in [2.05, 4.69) is 10.3 Å². The van der Waals surface area contributed by atoms with Gasteiger partial charge in [-0.1, -0.05) is 18.2 Å². The Morgan fingerprint density at radius 2 is 1.74 bits per heavy atom. The molecule has 0 bridgehead atoms. The van der Waals surface area contributed by atoms with Crippen molar-refractivity contribution in [2.24, 2.45) is 7.05 Å². The molecule has 0 spiro atoms. The molecule has 0 radical (unpaired) electrons. The Morgan fingerprint density at radius 3 is 2.35 bits per heavy atom. The lowest BCUT2D eigenvalue weighted by Crippen LogP contribution is -2.32. The summed E-state index contributed by atoms with van der Waals surface area (Å²) in [5, 5.41) is 2.58. The monoisotopic (exact) mass is 468 g/mol. The fraction of sp³-hybridized carbons (Fsp3) is 0.333. The van der Waals surface area contributed by atoms with Crippen LogP contribution in [0.4, 0.5) is 5.69 Å². The predicted molar refractivity (Wildman–Crippen MR) is 125 cm³/mol. The quantitative estimate of drug-likeness (QED) is 0.514. The number of hydrogen-bond donors (Lipinski definition) is 2. The first-order chi connectivity index (χ1) is 16.1. The molecule has 3 aromatic rings. The topological polar surface area (TPSA) is 124 Å². The summed E-state index contributed by atoms with van der Waals surface area (Å²) >= 11 is 0. The molecule has 180 valence electrons. The van der Waals surface area contributed by atoms with Crippen LogP contribution in [0.2, 0.25) is 0 Å². The minimum atomic E-state index is -1.20. The Balaban J connectivity index is 1.79. The van der Waals surface area contributed by atoms with Crippen LogP contribution in [0.25, 0.3) is 5.69 Å². The number of anilines is 1. The van der Waals surface area contributed by atoms with Gasteiger partial charge in [0, 0.05) is 12.7 Å². The van der Waals surface area contributed by atoms with Gasteiger partial charge in [0.25, 0.3) is 11.5 Å². The van der Waals surface area contributed by atoms with Gasteiger partial charge in [-0.05, 0) is 52.3 Å². The first-order valence-corrected chi connectivity index (χ1v) is 10.8. The predicted octanol–water partition coefficient (Wildman–Crippen LogP) is 2.79. The van der Waals surface area contributed by atoms with Gasteiger partial charge < -0.3 is 19.8 Å². The lowest BCUT2D eigenvalue weighted by Gasteiger charge is -2.13. The van der Waals surface area contributed by atoms with Crippen molar-refractivity contribution in [3.63, 3.8) is 0 Å². The van der Waals surface area contributed by atoms with Gasteiger partial charge in [0.05, 0.1) is 23.6 Å². The third kappa shape index (κ3) is 4.52. The molecule has 1 atom stereocenters. The summed E-state index contributed by atoms with van der Waals surface area (Å²) in [7, 11) is 1.71. The van der Waals surface area contributed by atoms with Crippen molar-refractivity contribution in [2.45, 2.75) is 40.7 Å². The Kier molecular flexibility index (Phi) is 7.09. The normalized spacial score (nSPS) is 11.7. The number of amides is 1. The second-order valence-corrected chi connectivity index (χ2v) is 7.82. The summed E-state index contributed by atoms with van der Waals surface area (Å²) in [6.45, 7) is 8.20. The van der Waals surface area contributed by atoms with Crippen LogP contribution in [0.15, 0.2) is 35.1 Å². The number of benzene rings is 1. The molecule has 34 heavy (non-hydrogen) atoms. The first kappa shape index (κ1) is 24.6. The Morgan fingerprint density at radius 1 is 1.09 bits per heavy atom. The van der Waals surface area contributed by atoms with Crippen molar-refractivity contribution in [1.29, 1.82) is 0 Å². The third-order valence-electron chi connectivity index (χ3n) is 5.58. The summed E-state index contributed by atoms with van der Waals surface area (Å²) in [6, 6.07) is 9.02. The highest BCUT2D eigenvalue weighted by molar-refractivity contribution is 6.01. The number of H-pyrrole nitrogens is 1. The molecule has 10 heteroatoms. The number of aromatic nitrogens is 3. The minimum Gasteiger partial charge on any atom is -0.461 e. The van der Waals surface area contributed by atoms with Crippen LogP contribution in [-0.2, 0) is 21.3 Å². The van der Waals surface area contributed by atoms with Crippen LogP contribution in [-0.4, -0.2) is 44.9 Å². The second-order valence-electron chi connectivity index (χ2n) is 7.82. The number of esters is 2. The van der Waals surface area contributed by atoms with Crippen molar-refractivity contribution in [3.05, 3.63) is 68.9 Å². The lowest BCUT2D eigenvalue weighted by atomic mass is 10.1. The number of nitrogens with zero attached hydrogens (tertiary/aromatic N) is 2. The van der Waals surface area contributed by atoms with Crippen LogP contribution < -0.4 is 10.9 Å². The van der Waals surface area contributed by atoms with Gasteiger partial charge in [-0.3, -0.25) is 14.3 Å². The highest BCUT2D eigenvalue weighted by Crippen LogP contribution is 2.21. The largest absolute Gasteiger partial charge is 0.461 e. The van der Waals surface area contributed by atoms with E-state index >= 15 is 0 Å². The lowest BCUT2D eigenvalue weighted by molar-refractivity contribution is -0.123. The summed E-state index contributed by atoms with van der Waals surface area (Å²) in [5.41, 5.74) is 1.98. The van der Waals surface area contributed by atoms with E-state index in [0.29, 0.717) is 22.6 Å². The van der Waals surface area contributed by atoms with Gasteiger partial charge in [0.2, 0.25) is 0 Å². The number of aryl methyl sites for hydroxylation is 1. The maximum Gasteiger partial charge on any atom is 0.355 e. The van der Waals surface area contributed by atoms with E-state index in [1.165, 1.54) is 11.6 Å². The van der Waals surface area contributed by atoms with Gasteiger partial charge in [0.1, 0.15) is 11.4 Å². The highest BCUT2D eigenvalue weighted by Gasteiger charge is 2.28. The average molecular weight is 469 g/mol. The zero-order chi connectivity index (χ0) is 25.2. The zero-order valence-electron chi connectivity index (χ0n) is 20.0. The maximum atomic E-state index is 13.0. The second kappa shape index (κ2) is 9.82. The van der Waals surface area contributed by atoms with Crippen LogP contribution in [0, 0.1) is 20.8 Å². The van der Waals surface area contributed by atoms with E-state index in [1.807, 2.05) is 18.2 Å². The van der Waals surface area contributed by atoms with Crippen LogP contribution >= 0.6 is 0 Å². The Labute approximate surface area is 196 Å². The number of rotatable bonds is 7. The number of para-hydroxylation sites is 1. The van der Waals surface area contributed by atoms with Crippen molar-refractivity contribution < 1.29 is 23.9 Å². The highest BCUT2D eigenvalue weighted by atomic mass is 16.5. The van der Waals surface area contributed by atoms with E-state index < -0.39 is 29.5 Å². The Bertz CT molecular complexity index is 1300. The molecule has 3 rings (SSSR count). The molecule has 1 amide bonds. The van der Waals surface area contributed by atoms with E-state index in [9.17, 15) is 19.2 Å². The summed E-state index contributed by atoms with van der Waals surface area (Å²) in [4.78, 5) is 53.5. The number of carbonyl (C=O) groups is 3. The van der Waals surface area contributed by atoms with E-state index in [-0.39, 0.29) is 23.6 Å². The van der Waals surface area contributed by atoms with Gasteiger partial charge in [-0.15, -0.1) is 0 Å². The van der Waals surface area contributed by atoms with Crippen LogP contribution in [0.5, 0.6) is 0 Å². The first-order valence-electron chi connectivity index (χ1n) is 10.8. The molecule has 1 unspecified atom stereocenters. The van der Waals surface area contributed by atoms with Crippen LogP contribution in [0.1, 0.15) is 51.6 Å². The SMILES string of the molecule is CCOC(=O)c1[nH]c(C)c(C(=O)OC(C)C(=O)Nc2c(C)n(C)n(-c3ccccc3)c2=O)c1C. The molecule has 1 aromatic carbocycles. The van der Waals surface area contributed by atoms with Gasteiger partial charge in [-0.2, -0.15) is 0 Å². The van der Waals surface area contributed by atoms with Crippen molar-refractivity contribution in [2.75, 3.05) is 11.9 Å². The van der Waals surface area contributed by atoms with Crippen LogP contribution in [0.3, 0.4) is 0 Å². The molecule has 0 aliphatic carbocycles. The van der Waals surface area contributed by atoms with Gasteiger partial charge in [0.15, 0.2) is 6.10 Å². The van der Waals surface area contributed by atoms with Crippen molar-refractivity contribution in [3.8, 4) is 5.69 Å². The van der Waals surface area contributed by atoms with E-state index in [1.54, 1.807) is 51.6 Å². The fourth-order valence-electron chi connectivity index (χ4n) is 3.67. The Hall–Kier alpha value is -4.08. The molecule has 0 fully saturated rings. The van der Waals surface area contributed by atoms with Gasteiger partial charge in [-0.25, -0.2) is 14.3 Å². The van der Waals surface area contributed by atoms with Gasteiger partial charge >= 0.3 is 11.9 Å². The van der Waals surface area contributed by atoms with E-state index in [4.69, 9.17) is 9.47 Å². The molecule has 0 aliphatic heterocycles. The number of ether oxygens (including phenoxy) is 2. The number of aromatic amines is 1. The molecule has 0 aliphatic rings. The van der Waals surface area contributed by atoms with Crippen molar-refractivity contribution >= 4 is 23.5 Å². The molecule has 2 aromatic heterocycles. The standard InChI is InChI=1S/C24H28N4O6/c1-7-33-24(32)19-13(2)18(14(3)25-19)23(31)34-16(5)21(29)26-20-15(4)27(6)28(22(20)30)17-11-9-8-10-12-17/h8-12,16,25H,7H2,1-6H3,(H,26,29). The number of carbonyl (C=O) groups excluding carboxylic acids is 3. The third-order valence-corrected chi connectivity index (χ3v) is 5.58. The number of hydrogen-bond acceptors (Lipinski definition) is 6. The summed E-state index contributed by atoms with van der Waals surface area (Å²) < 4.78 is 13.4. The summed E-state index contributed by atoms with van der Waals surface area (Å²) in [5.74, 6) is -2.01. The molecular weight excluding hydrogens is 440 g/mol. The summed E-state index contributed by atoms with van der Waals surface area (Å²) in [6.07, 6.45) is -1.20. The maximum absolute atomic E-state index is 13.0. The minimum absolute atomic E-state index is 0.0952.